The van der Waals surface area contributed by atoms with Gasteiger partial charge in [-0.1, -0.05) is 24.6 Å². The first-order valence-corrected chi connectivity index (χ1v) is 10.2. The minimum Gasteiger partial charge on any atom is -0.369 e. The van der Waals surface area contributed by atoms with E-state index in [2.05, 4.69) is 63.5 Å². The molecule has 0 amide bonds. The number of aryl methyl sites for hydroxylation is 1. The van der Waals surface area contributed by atoms with Crippen LogP contribution in [0.25, 0.3) is 0 Å². The first-order valence-electron chi connectivity index (χ1n) is 10.2. The number of guanidine groups is 1. The first-order chi connectivity index (χ1) is 12.7. The molecule has 2 N–H and O–H groups in total. The quantitative estimate of drug-likeness (QED) is 0.369. The summed E-state index contributed by atoms with van der Waals surface area (Å²) >= 11 is 0. The lowest BCUT2D eigenvalue weighted by atomic mass is 10.2. The van der Waals surface area contributed by atoms with Crippen LogP contribution in [0.15, 0.2) is 29.3 Å². The van der Waals surface area contributed by atoms with Gasteiger partial charge in [-0.15, -0.1) is 24.0 Å². The Morgan fingerprint density at radius 1 is 1.19 bits per heavy atom. The molecule has 27 heavy (non-hydrogen) atoms. The van der Waals surface area contributed by atoms with E-state index < -0.39 is 0 Å². The molecule has 2 saturated heterocycles. The lowest BCUT2D eigenvalue weighted by Crippen LogP contribution is -2.49. The number of benzene rings is 1. The summed E-state index contributed by atoms with van der Waals surface area (Å²) in [4.78, 5) is 9.53. The highest BCUT2D eigenvalue weighted by atomic mass is 127. The smallest absolute Gasteiger partial charge is 0.191 e. The fraction of sp³-hybridized carbons (Fsp3) is 0.667. The molecule has 0 saturated carbocycles. The van der Waals surface area contributed by atoms with Crippen molar-refractivity contribution in [3.05, 3.63) is 29.8 Å². The van der Waals surface area contributed by atoms with Crippen LogP contribution in [0, 0.1) is 6.92 Å². The third kappa shape index (κ3) is 6.24. The second kappa shape index (κ2) is 11.1. The highest BCUT2D eigenvalue weighted by molar-refractivity contribution is 14.0. The van der Waals surface area contributed by atoms with Crippen molar-refractivity contribution in [3.8, 4) is 0 Å². The lowest BCUT2D eigenvalue weighted by Gasteiger charge is -2.28. The van der Waals surface area contributed by atoms with E-state index in [4.69, 9.17) is 0 Å². The van der Waals surface area contributed by atoms with Gasteiger partial charge in [0.05, 0.1) is 0 Å². The molecule has 0 radical (unpaired) electrons. The maximum atomic E-state index is 4.45. The van der Waals surface area contributed by atoms with Crippen LogP contribution in [-0.4, -0.2) is 62.7 Å². The van der Waals surface area contributed by atoms with Gasteiger partial charge < -0.3 is 15.5 Å². The minimum atomic E-state index is 0. The van der Waals surface area contributed by atoms with Gasteiger partial charge >= 0.3 is 0 Å². The average Bonchev–Trinajstić information content (AvgIpc) is 3.34. The Labute approximate surface area is 182 Å². The number of hydrogen-bond acceptors (Lipinski definition) is 3. The number of halogens is 1. The van der Waals surface area contributed by atoms with Crippen LogP contribution in [-0.2, 0) is 0 Å². The Bertz CT molecular complexity index is 583. The zero-order chi connectivity index (χ0) is 18.4. The summed E-state index contributed by atoms with van der Waals surface area (Å²) in [5.41, 5.74) is 2.64. The fourth-order valence-electron chi connectivity index (χ4n) is 4.11. The van der Waals surface area contributed by atoms with Gasteiger partial charge in [-0.3, -0.25) is 9.89 Å². The van der Waals surface area contributed by atoms with Crippen LogP contribution in [0.5, 0.6) is 0 Å². The number of nitrogens with zero attached hydrogens (tertiary/aromatic N) is 3. The van der Waals surface area contributed by atoms with E-state index >= 15 is 0 Å². The largest absolute Gasteiger partial charge is 0.369 e. The summed E-state index contributed by atoms with van der Waals surface area (Å²) in [6, 6.07) is 9.91. The zero-order valence-electron chi connectivity index (χ0n) is 17.1. The van der Waals surface area contributed by atoms with Gasteiger partial charge in [0.2, 0.25) is 0 Å². The van der Waals surface area contributed by atoms with Crippen molar-refractivity contribution in [2.75, 3.05) is 44.7 Å². The molecule has 0 spiro atoms. The minimum absolute atomic E-state index is 0. The normalized spacial score (nSPS) is 21.8. The van der Waals surface area contributed by atoms with Crippen molar-refractivity contribution >= 4 is 35.6 Å². The standard InChI is InChI=1S/C21H35N5.HI/c1-4-19(25-12-5-6-13-25)15-23-21(22-3)24-18-11-14-26(16-18)20-9-7-17(2)8-10-20;/h7-10,18-19H,4-6,11-16H2,1-3H3,(H2,22,23,24);1H. The molecule has 152 valence electrons. The number of anilines is 1. The van der Waals surface area contributed by atoms with E-state index in [-0.39, 0.29) is 24.0 Å². The Morgan fingerprint density at radius 3 is 2.52 bits per heavy atom. The van der Waals surface area contributed by atoms with Gasteiger partial charge in [-0.05, 0) is 57.8 Å². The molecule has 2 aliphatic rings. The highest BCUT2D eigenvalue weighted by Crippen LogP contribution is 2.20. The SMILES string of the molecule is CCC(CNC(=NC)NC1CCN(c2ccc(C)cc2)C1)N1CCCC1.I. The predicted octanol–water partition coefficient (Wildman–Crippen LogP) is 3.23. The van der Waals surface area contributed by atoms with Crippen molar-refractivity contribution in [2.24, 2.45) is 4.99 Å². The summed E-state index contributed by atoms with van der Waals surface area (Å²) in [6.45, 7) is 10.0. The summed E-state index contributed by atoms with van der Waals surface area (Å²) < 4.78 is 0. The van der Waals surface area contributed by atoms with Crippen LogP contribution in [0.2, 0.25) is 0 Å². The van der Waals surface area contributed by atoms with Crippen LogP contribution in [0.3, 0.4) is 0 Å². The molecule has 2 heterocycles. The van der Waals surface area contributed by atoms with Crippen LogP contribution in [0.4, 0.5) is 5.69 Å². The number of nitrogens with one attached hydrogen (secondary N) is 2. The number of likely N-dealkylation sites (tertiary alicyclic amines) is 1. The molecular weight excluding hydrogens is 449 g/mol. The maximum absolute atomic E-state index is 4.45. The van der Waals surface area contributed by atoms with Gasteiger partial charge in [0.15, 0.2) is 5.96 Å². The van der Waals surface area contributed by atoms with Crippen LogP contribution < -0.4 is 15.5 Å². The van der Waals surface area contributed by atoms with Crippen LogP contribution in [0.1, 0.15) is 38.2 Å². The molecule has 5 nitrogen and oxygen atoms in total. The second-order valence-corrected chi connectivity index (χ2v) is 7.67. The summed E-state index contributed by atoms with van der Waals surface area (Å²) in [7, 11) is 1.87. The number of rotatable bonds is 6. The molecule has 1 aromatic carbocycles. The Hall–Kier alpha value is -1.02. The van der Waals surface area contributed by atoms with Crippen molar-refractivity contribution in [1.82, 2.24) is 15.5 Å². The van der Waals surface area contributed by atoms with Gasteiger partial charge in [-0.25, -0.2) is 0 Å². The van der Waals surface area contributed by atoms with Crippen molar-refractivity contribution < 1.29 is 0 Å². The third-order valence-electron chi connectivity index (χ3n) is 5.79. The van der Waals surface area contributed by atoms with E-state index in [0.29, 0.717) is 12.1 Å². The molecular formula is C21H36IN5. The van der Waals surface area contributed by atoms with Gasteiger partial charge in [0.1, 0.15) is 0 Å². The summed E-state index contributed by atoms with van der Waals surface area (Å²) in [5.74, 6) is 0.943. The van der Waals surface area contributed by atoms with Gasteiger partial charge in [0.25, 0.3) is 0 Å². The third-order valence-corrected chi connectivity index (χ3v) is 5.79. The van der Waals surface area contributed by atoms with E-state index in [0.717, 1.165) is 32.0 Å². The van der Waals surface area contributed by atoms with E-state index in [9.17, 15) is 0 Å². The number of aliphatic imine (C=N–C) groups is 1. The fourth-order valence-corrected chi connectivity index (χ4v) is 4.11. The topological polar surface area (TPSA) is 42.9 Å². The van der Waals surface area contributed by atoms with Crippen LogP contribution >= 0.6 is 24.0 Å². The Morgan fingerprint density at radius 2 is 1.89 bits per heavy atom. The lowest BCUT2D eigenvalue weighted by molar-refractivity contribution is 0.236. The summed E-state index contributed by atoms with van der Waals surface area (Å²) in [6.07, 6.45) is 5.04. The molecule has 2 atom stereocenters. The second-order valence-electron chi connectivity index (χ2n) is 7.67. The number of hydrogen-bond donors (Lipinski definition) is 2. The molecule has 0 aromatic heterocycles. The monoisotopic (exact) mass is 485 g/mol. The Balaban J connectivity index is 0.00000261. The molecule has 3 rings (SSSR count). The van der Waals surface area contributed by atoms with Crippen molar-refractivity contribution in [3.63, 3.8) is 0 Å². The maximum Gasteiger partial charge on any atom is 0.191 e. The van der Waals surface area contributed by atoms with E-state index in [1.54, 1.807) is 0 Å². The van der Waals surface area contributed by atoms with Gasteiger partial charge in [0, 0.05) is 44.5 Å². The molecule has 2 aliphatic heterocycles. The molecule has 2 unspecified atom stereocenters. The van der Waals surface area contributed by atoms with E-state index in [1.165, 1.54) is 43.6 Å². The van der Waals surface area contributed by atoms with Crippen molar-refractivity contribution in [1.29, 1.82) is 0 Å². The molecule has 2 fully saturated rings. The van der Waals surface area contributed by atoms with Crippen molar-refractivity contribution in [2.45, 2.75) is 51.6 Å². The summed E-state index contributed by atoms with van der Waals surface area (Å²) in [5, 5.41) is 7.19. The van der Waals surface area contributed by atoms with E-state index in [1.807, 2.05) is 7.05 Å². The molecule has 6 heteroatoms. The Kier molecular flexibility index (Phi) is 9.15. The predicted molar refractivity (Wildman–Crippen MR) is 127 cm³/mol. The first kappa shape index (κ1) is 22.3. The molecule has 0 bridgehead atoms. The average molecular weight is 485 g/mol. The highest BCUT2D eigenvalue weighted by Gasteiger charge is 2.24. The zero-order valence-corrected chi connectivity index (χ0v) is 19.4. The van der Waals surface area contributed by atoms with Gasteiger partial charge in [-0.2, -0.15) is 0 Å². The molecule has 1 aromatic rings. The molecule has 0 aliphatic carbocycles.